The minimum absolute atomic E-state index is 0.105. The predicted octanol–water partition coefficient (Wildman–Crippen LogP) is 4.44. The van der Waals surface area contributed by atoms with Crippen molar-refractivity contribution in [3.8, 4) is 0 Å². The summed E-state index contributed by atoms with van der Waals surface area (Å²) in [5, 5.41) is 0. The number of fused-ring (bicyclic) bond motifs is 1. The van der Waals surface area contributed by atoms with Crippen LogP contribution in [0.15, 0.2) is 48.5 Å². The number of carbonyl (C=O) groups is 1. The monoisotopic (exact) mass is 391 g/mol. The zero-order valence-electron chi connectivity index (χ0n) is 12.1. The van der Waals surface area contributed by atoms with Crippen LogP contribution in [0.1, 0.15) is 40.4 Å². The molecule has 0 heterocycles. The Morgan fingerprint density at radius 3 is 2.62 bits per heavy atom. The number of benzene rings is 2. The minimum atomic E-state index is 0.105. The molecular weight excluding hydrogens is 373 g/mol. The van der Waals surface area contributed by atoms with Gasteiger partial charge in [-0.2, -0.15) is 0 Å². The molecule has 21 heavy (non-hydrogen) atoms. The van der Waals surface area contributed by atoms with Gasteiger partial charge in [-0.05, 0) is 77.2 Å². The lowest BCUT2D eigenvalue weighted by Gasteiger charge is -2.33. The molecule has 0 radical (unpaired) electrons. The second-order valence-electron chi connectivity index (χ2n) is 5.53. The maximum absolute atomic E-state index is 12.7. The number of hydrogen-bond acceptors (Lipinski definition) is 1. The first-order chi connectivity index (χ1) is 10.2. The Morgan fingerprint density at radius 1 is 1.14 bits per heavy atom. The van der Waals surface area contributed by atoms with Crippen molar-refractivity contribution in [1.82, 2.24) is 4.90 Å². The van der Waals surface area contributed by atoms with Gasteiger partial charge in [0.2, 0.25) is 0 Å². The van der Waals surface area contributed by atoms with Crippen molar-refractivity contribution in [1.29, 1.82) is 0 Å². The molecule has 1 unspecified atom stereocenters. The normalized spacial score (nSPS) is 17.1. The molecule has 1 atom stereocenters. The summed E-state index contributed by atoms with van der Waals surface area (Å²) in [6, 6.07) is 16.5. The molecule has 2 nitrogen and oxygen atoms in total. The number of aryl methyl sites for hydroxylation is 1. The van der Waals surface area contributed by atoms with Crippen LogP contribution in [-0.2, 0) is 6.42 Å². The van der Waals surface area contributed by atoms with E-state index in [0.717, 1.165) is 28.4 Å². The van der Waals surface area contributed by atoms with Crippen LogP contribution in [0.25, 0.3) is 0 Å². The molecule has 0 saturated carbocycles. The molecule has 3 heteroatoms. The molecular formula is C18H18INO. The van der Waals surface area contributed by atoms with Crippen molar-refractivity contribution in [3.05, 3.63) is 68.8 Å². The Kier molecular flexibility index (Phi) is 4.29. The van der Waals surface area contributed by atoms with Gasteiger partial charge in [0.05, 0.1) is 6.04 Å². The van der Waals surface area contributed by atoms with Gasteiger partial charge in [0.15, 0.2) is 0 Å². The van der Waals surface area contributed by atoms with Crippen LogP contribution in [-0.4, -0.2) is 17.9 Å². The number of carbonyl (C=O) groups excluding carboxylic acids is 1. The van der Waals surface area contributed by atoms with Crippen LogP contribution in [0.4, 0.5) is 0 Å². The summed E-state index contributed by atoms with van der Waals surface area (Å²) < 4.78 is 1.15. The van der Waals surface area contributed by atoms with Gasteiger partial charge in [-0.1, -0.05) is 24.3 Å². The third-order valence-electron chi connectivity index (χ3n) is 4.22. The van der Waals surface area contributed by atoms with Crippen molar-refractivity contribution < 1.29 is 4.79 Å². The van der Waals surface area contributed by atoms with Crippen molar-refractivity contribution in [3.63, 3.8) is 0 Å². The summed E-state index contributed by atoms with van der Waals surface area (Å²) >= 11 is 2.26. The van der Waals surface area contributed by atoms with Crippen LogP contribution in [0.2, 0.25) is 0 Å². The van der Waals surface area contributed by atoms with Gasteiger partial charge < -0.3 is 4.90 Å². The fourth-order valence-corrected chi connectivity index (χ4v) is 3.43. The first-order valence-electron chi connectivity index (χ1n) is 7.27. The third kappa shape index (κ3) is 2.98. The van der Waals surface area contributed by atoms with Crippen LogP contribution in [0, 0.1) is 3.57 Å². The lowest BCUT2D eigenvalue weighted by atomic mass is 9.87. The molecule has 0 fully saturated rings. The van der Waals surface area contributed by atoms with E-state index in [1.165, 1.54) is 11.1 Å². The molecule has 0 bridgehead atoms. The van der Waals surface area contributed by atoms with E-state index in [-0.39, 0.29) is 11.9 Å². The van der Waals surface area contributed by atoms with E-state index in [2.05, 4.69) is 46.9 Å². The minimum Gasteiger partial charge on any atom is -0.335 e. The van der Waals surface area contributed by atoms with E-state index in [4.69, 9.17) is 0 Å². The molecule has 1 aliphatic carbocycles. The number of amides is 1. The first-order valence-corrected chi connectivity index (χ1v) is 8.35. The van der Waals surface area contributed by atoms with Crippen molar-refractivity contribution in [2.45, 2.75) is 25.3 Å². The Balaban J connectivity index is 1.87. The maximum atomic E-state index is 12.7. The van der Waals surface area contributed by atoms with E-state index in [1.807, 2.05) is 36.2 Å². The molecule has 108 valence electrons. The van der Waals surface area contributed by atoms with Crippen molar-refractivity contribution in [2.75, 3.05) is 7.05 Å². The van der Waals surface area contributed by atoms with Gasteiger partial charge in [-0.25, -0.2) is 0 Å². The van der Waals surface area contributed by atoms with E-state index in [0.29, 0.717) is 0 Å². The Labute approximate surface area is 139 Å². The van der Waals surface area contributed by atoms with Gasteiger partial charge >= 0.3 is 0 Å². The molecule has 2 aromatic carbocycles. The molecule has 0 spiro atoms. The molecule has 3 rings (SSSR count). The summed E-state index contributed by atoms with van der Waals surface area (Å²) in [6.45, 7) is 0. The average molecular weight is 391 g/mol. The number of hydrogen-bond donors (Lipinski definition) is 0. The van der Waals surface area contributed by atoms with Gasteiger partial charge in [-0.15, -0.1) is 0 Å². The summed E-state index contributed by atoms with van der Waals surface area (Å²) in [6.07, 6.45) is 3.31. The largest absolute Gasteiger partial charge is 0.335 e. The quantitative estimate of drug-likeness (QED) is 0.694. The summed E-state index contributed by atoms with van der Waals surface area (Å²) in [5.74, 6) is 0.105. The van der Waals surface area contributed by atoms with Gasteiger partial charge in [0.1, 0.15) is 0 Å². The fraction of sp³-hybridized carbons (Fsp3) is 0.278. The second-order valence-corrected chi connectivity index (χ2v) is 6.78. The smallest absolute Gasteiger partial charge is 0.254 e. The lowest BCUT2D eigenvalue weighted by molar-refractivity contribution is 0.0715. The number of nitrogens with zero attached hydrogens (tertiary/aromatic N) is 1. The zero-order valence-corrected chi connectivity index (χ0v) is 14.2. The fourth-order valence-electron chi connectivity index (χ4n) is 3.07. The van der Waals surface area contributed by atoms with Crippen molar-refractivity contribution in [2.24, 2.45) is 0 Å². The van der Waals surface area contributed by atoms with E-state index < -0.39 is 0 Å². The molecule has 0 saturated heterocycles. The molecule has 0 aromatic heterocycles. The van der Waals surface area contributed by atoms with E-state index >= 15 is 0 Å². The van der Waals surface area contributed by atoms with Crippen LogP contribution in [0.5, 0.6) is 0 Å². The highest BCUT2D eigenvalue weighted by atomic mass is 127. The second kappa shape index (κ2) is 6.18. The van der Waals surface area contributed by atoms with Gasteiger partial charge in [-0.3, -0.25) is 4.79 Å². The lowest BCUT2D eigenvalue weighted by Crippen LogP contribution is -2.33. The van der Waals surface area contributed by atoms with E-state index in [1.54, 1.807) is 0 Å². The average Bonchev–Trinajstić information content (AvgIpc) is 2.53. The molecule has 2 aromatic rings. The molecule has 0 N–H and O–H groups in total. The van der Waals surface area contributed by atoms with Gasteiger partial charge in [0.25, 0.3) is 5.91 Å². The maximum Gasteiger partial charge on any atom is 0.254 e. The third-order valence-corrected chi connectivity index (χ3v) is 4.94. The number of halogens is 1. The van der Waals surface area contributed by atoms with Crippen LogP contribution in [0.3, 0.4) is 0 Å². The standard InChI is InChI=1S/C18H18INO/c1-20(18(21)14-9-11-15(19)12-10-14)17-8-4-6-13-5-2-3-7-16(13)17/h2-3,5,7,9-12,17H,4,6,8H2,1H3. The molecule has 0 aliphatic heterocycles. The van der Waals surface area contributed by atoms with Crippen LogP contribution < -0.4 is 0 Å². The Hall–Kier alpha value is -1.36. The highest BCUT2D eigenvalue weighted by molar-refractivity contribution is 14.1. The Bertz CT molecular complexity index is 651. The predicted molar refractivity (Wildman–Crippen MR) is 93.4 cm³/mol. The topological polar surface area (TPSA) is 20.3 Å². The van der Waals surface area contributed by atoms with Crippen LogP contribution >= 0.6 is 22.6 Å². The van der Waals surface area contributed by atoms with E-state index in [9.17, 15) is 4.79 Å². The molecule has 1 amide bonds. The first kappa shape index (κ1) is 14.6. The number of rotatable bonds is 2. The molecule has 1 aliphatic rings. The highest BCUT2D eigenvalue weighted by Crippen LogP contribution is 2.34. The summed E-state index contributed by atoms with van der Waals surface area (Å²) in [7, 11) is 1.92. The van der Waals surface area contributed by atoms with Gasteiger partial charge in [0, 0.05) is 16.2 Å². The summed E-state index contributed by atoms with van der Waals surface area (Å²) in [5.41, 5.74) is 3.46. The summed E-state index contributed by atoms with van der Waals surface area (Å²) in [4.78, 5) is 14.6. The SMILES string of the molecule is CN(C(=O)c1ccc(I)cc1)C1CCCc2ccccc21. The zero-order chi connectivity index (χ0) is 14.8. The Morgan fingerprint density at radius 2 is 1.86 bits per heavy atom. The highest BCUT2D eigenvalue weighted by Gasteiger charge is 2.26. The van der Waals surface area contributed by atoms with Crippen molar-refractivity contribution >= 4 is 28.5 Å².